The summed E-state index contributed by atoms with van der Waals surface area (Å²) < 4.78 is 4.80. The van der Waals surface area contributed by atoms with Crippen molar-refractivity contribution in [3.63, 3.8) is 0 Å². The molecule has 0 radical (unpaired) electrons. The van der Waals surface area contributed by atoms with Gasteiger partial charge in [0.15, 0.2) is 0 Å². The Balaban J connectivity index is 4.61. The van der Waals surface area contributed by atoms with Crippen LogP contribution in [0.25, 0.3) is 0 Å². The van der Waals surface area contributed by atoms with E-state index in [0.717, 1.165) is 0 Å². The van der Waals surface area contributed by atoms with Gasteiger partial charge in [0.1, 0.15) is 0 Å². The first-order chi connectivity index (χ1) is 5.29. The number of aliphatic hydroxyl groups excluding tert-OH is 1. The molecule has 11 heavy (non-hydrogen) atoms. The average Bonchev–Trinajstić information content (AvgIpc) is 2.05. The minimum absolute atomic E-state index is 0.153. The largest absolute Gasteiger partial charge is 0.481 e. The van der Waals surface area contributed by atoms with E-state index in [1.807, 2.05) is 0 Å². The molecule has 0 atom stereocenters. The van der Waals surface area contributed by atoms with E-state index in [2.05, 4.69) is 16.7 Å². The molecular formula is C7H12N2O2. The molecule has 0 saturated carbocycles. The first-order valence-corrected chi connectivity index (χ1v) is 3.07. The van der Waals surface area contributed by atoms with E-state index in [4.69, 9.17) is 9.84 Å². The van der Waals surface area contributed by atoms with Gasteiger partial charge in [-0.1, -0.05) is 0 Å². The summed E-state index contributed by atoms with van der Waals surface area (Å²) in [7, 11) is 3.06. The van der Waals surface area contributed by atoms with Crippen molar-refractivity contribution < 1.29 is 9.84 Å². The molecule has 4 nitrogen and oxygen atoms in total. The molecule has 0 aliphatic heterocycles. The van der Waals surface area contributed by atoms with Crippen LogP contribution in [0.4, 0.5) is 0 Å². The van der Waals surface area contributed by atoms with E-state index in [1.165, 1.54) is 13.3 Å². The van der Waals surface area contributed by atoms with E-state index in [1.54, 1.807) is 7.05 Å². The molecule has 0 unspecified atom stereocenters. The fourth-order valence-electron chi connectivity index (χ4n) is 0.617. The van der Waals surface area contributed by atoms with Crippen molar-refractivity contribution in [2.24, 2.45) is 9.98 Å². The minimum Gasteiger partial charge on any atom is -0.481 e. The maximum Gasteiger partial charge on any atom is 0.219 e. The van der Waals surface area contributed by atoms with Crippen molar-refractivity contribution in [1.82, 2.24) is 0 Å². The normalized spacial score (nSPS) is 13.0. The molecule has 0 aromatic rings. The third kappa shape index (κ3) is 2.95. The van der Waals surface area contributed by atoms with Crippen LogP contribution in [0.15, 0.2) is 21.4 Å². The van der Waals surface area contributed by atoms with Gasteiger partial charge in [-0.05, 0) is 6.72 Å². The standard InChI is InChI=1S/C7H12N2O2/c1-8-4-6(5-10)7(9-2)11-3/h4,10H,2,5H2,1,3H3/b7-6-,8-4?. The summed E-state index contributed by atoms with van der Waals surface area (Å²) in [5.41, 5.74) is 0.519. The number of nitrogens with zero attached hydrogens (tertiary/aromatic N) is 2. The number of methoxy groups -OCH3 is 1. The summed E-state index contributed by atoms with van der Waals surface area (Å²) in [5, 5.41) is 8.77. The number of aliphatic hydroxyl groups is 1. The molecule has 0 spiro atoms. The van der Waals surface area contributed by atoms with Crippen LogP contribution in [0.5, 0.6) is 0 Å². The molecule has 0 saturated heterocycles. The second-order valence-corrected chi connectivity index (χ2v) is 1.74. The van der Waals surface area contributed by atoms with E-state index in [-0.39, 0.29) is 6.61 Å². The van der Waals surface area contributed by atoms with Crippen LogP contribution in [0.3, 0.4) is 0 Å². The summed E-state index contributed by atoms with van der Waals surface area (Å²) in [6, 6.07) is 0. The molecule has 1 N–H and O–H groups in total. The first kappa shape index (κ1) is 9.84. The van der Waals surface area contributed by atoms with Crippen LogP contribution in [0.2, 0.25) is 0 Å². The number of ether oxygens (including phenoxy) is 1. The molecule has 0 amide bonds. The molecule has 0 aromatic carbocycles. The van der Waals surface area contributed by atoms with Gasteiger partial charge in [-0.2, -0.15) is 0 Å². The van der Waals surface area contributed by atoms with E-state index >= 15 is 0 Å². The highest BCUT2D eigenvalue weighted by Crippen LogP contribution is 2.02. The van der Waals surface area contributed by atoms with Crippen molar-refractivity contribution >= 4 is 12.9 Å². The Bertz CT molecular complexity index is 185. The van der Waals surface area contributed by atoms with Crippen molar-refractivity contribution in [1.29, 1.82) is 0 Å². The highest BCUT2D eigenvalue weighted by molar-refractivity contribution is 5.79. The maximum absolute atomic E-state index is 8.77. The fraction of sp³-hybridized carbons (Fsp3) is 0.429. The number of rotatable bonds is 4. The number of hydrogen-bond donors (Lipinski definition) is 1. The molecule has 0 rings (SSSR count). The molecule has 0 aliphatic rings. The predicted molar refractivity (Wildman–Crippen MR) is 45.1 cm³/mol. The van der Waals surface area contributed by atoms with Crippen LogP contribution >= 0.6 is 0 Å². The quantitative estimate of drug-likeness (QED) is 0.468. The summed E-state index contributed by atoms with van der Waals surface area (Å²) in [6.45, 7) is 3.12. The van der Waals surface area contributed by atoms with Crippen LogP contribution in [-0.4, -0.2) is 38.8 Å². The molecule has 0 heterocycles. The molecular weight excluding hydrogens is 144 g/mol. The van der Waals surface area contributed by atoms with Gasteiger partial charge in [0.2, 0.25) is 5.88 Å². The zero-order valence-electron chi connectivity index (χ0n) is 6.74. The topological polar surface area (TPSA) is 54.2 Å². The van der Waals surface area contributed by atoms with Gasteiger partial charge in [0.05, 0.1) is 19.3 Å². The Morgan fingerprint density at radius 3 is 2.64 bits per heavy atom. The van der Waals surface area contributed by atoms with E-state index in [0.29, 0.717) is 11.5 Å². The summed E-state index contributed by atoms with van der Waals surface area (Å²) in [4.78, 5) is 7.27. The smallest absolute Gasteiger partial charge is 0.219 e. The second kappa shape index (κ2) is 5.61. The predicted octanol–water partition coefficient (Wildman–Crippen LogP) is 0.238. The Kier molecular flexibility index (Phi) is 5.02. The zero-order chi connectivity index (χ0) is 8.69. The number of hydrogen-bond acceptors (Lipinski definition) is 4. The van der Waals surface area contributed by atoms with Gasteiger partial charge in [-0.25, -0.2) is 4.99 Å². The first-order valence-electron chi connectivity index (χ1n) is 3.07. The lowest BCUT2D eigenvalue weighted by Crippen LogP contribution is -1.98. The third-order valence-corrected chi connectivity index (χ3v) is 1.07. The molecule has 0 aromatic heterocycles. The number of aliphatic imine (C=N–C) groups is 2. The summed E-state index contributed by atoms with van der Waals surface area (Å²) in [6.07, 6.45) is 1.48. The van der Waals surface area contributed by atoms with Crippen molar-refractivity contribution in [2.45, 2.75) is 0 Å². The zero-order valence-corrected chi connectivity index (χ0v) is 6.74. The van der Waals surface area contributed by atoms with Gasteiger partial charge >= 0.3 is 0 Å². The van der Waals surface area contributed by atoms with Gasteiger partial charge in [-0.3, -0.25) is 4.99 Å². The van der Waals surface area contributed by atoms with Gasteiger partial charge in [-0.15, -0.1) is 0 Å². The molecule has 0 fully saturated rings. The lowest BCUT2D eigenvalue weighted by molar-refractivity contribution is 0.271. The Hall–Kier alpha value is -1.16. The average molecular weight is 156 g/mol. The molecule has 0 bridgehead atoms. The van der Waals surface area contributed by atoms with E-state index in [9.17, 15) is 0 Å². The van der Waals surface area contributed by atoms with Gasteiger partial charge in [0.25, 0.3) is 0 Å². The molecule has 62 valence electrons. The van der Waals surface area contributed by atoms with Gasteiger partial charge < -0.3 is 9.84 Å². The molecule has 4 heteroatoms. The Morgan fingerprint density at radius 2 is 2.36 bits per heavy atom. The summed E-state index contributed by atoms with van der Waals surface area (Å²) >= 11 is 0. The van der Waals surface area contributed by atoms with Crippen molar-refractivity contribution in [3.8, 4) is 0 Å². The summed E-state index contributed by atoms with van der Waals surface area (Å²) in [5.74, 6) is 0.304. The van der Waals surface area contributed by atoms with E-state index < -0.39 is 0 Å². The fourth-order valence-corrected chi connectivity index (χ4v) is 0.617. The minimum atomic E-state index is -0.153. The van der Waals surface area contributed by atoms with Gasteiger partial charge in [0, 0.05) is 13.3 Å². The monoisotopic (exact) mass is 156 g/mol. The highest BCUT2D eigenvalue weighted by Gasteiger charge is 1.99. The van der Waals surface area contributed by atoms with Crippen LogP contribution in [0, 0.1) is 0 Å². The van der Waals surface area contributed by atoms with Crippen LogP contribution < -0.4 is 0 Å². The SMILES string of the molecule is C=N/C(OC)=C(\C=NC)CO. The second-order valence-electron chi connectivity index (χ2n) is 1.74. The Labute approximate surface area is 65.9 Å². The van der Waals surface area contributed by atoms with Crippen LogP contribution in [-0.2, 0) is 4.74 Å². The lowest BCUT2D eigenvalue weighted by atomic mass is 10.3. The Morgan fingerprint density at radius 1 is 1.73 bits per heavy atom. The highest BCUT2D eigenvalue weighted by atomic mass is 16.5. The van der Waals surface area contributed by atoms with Crippen LogP contribution in [0.1, 0.15) is 0 Å². The molecule has 0 aliphatic carbocycles. The maximum atomic E-state index is 8.77. The van der Waals surface area contributed by atoms with Crippen molar-refractivity contribution in [2.75, 3.05) is 20.8 Å². The lowest BCUT2D eigenvalue weighted by Gasteiger charge is -2.01. The van der Waals surface area contributed by atoms with Crippen molar-refractivity contribution in [3.05, 3.63) is 11.5 Å². The third-order valence-electron chi connectivity index (χ3n) is 1.07.